The highest BCUT2D eigenvalue weighted by Gasteiger charge is 2.08. The number of pyridine rings is 1. The van der Waals surface area contributed by atoms with Gasteiger partial charge in [-0.2, -0.15) is 0 Å². The molecule has 7 heteroatoms. The lowest BCUT2D eigenvalue weighted by Gasteiger charge is -2.07. The molecule has 0 spiro atoms. The van der Waals surface area contributed by atoms with Crippen molar-refractivity contribution in [1.82, 2.24) is 19.9 Å². The number of urea groups is 1. The Hall–Kier alpha value is -3.09. The number of aromatic nitrogens is 3. The van der Waals surface area contributed by atoms with Crippen LogP contribution in [-0.2, 0) is 6.54 Å². The normalized spacial score (nSPS) is 10.4. The number of nitrogens with one attached hydrogen (secondary N) is 2. The minimum Gasteiger partial charge on any atom is -0.497 e. The predicted molar refractivity (Wildman–Crippen MR) is 81.8 cm³/mol. The molecule has 0 aliphatic rings. The molecule has 0 radical (unpaired) electrons. The number of nitrogens with zero attached hydrogens (tertiary/aromatic N) is 3. The van der Waals surface area contributed by atoms with Crippen LogP contribution in [0.25, 0.3) is 5.65 Å². The van der Waals surface area contributed by atoms with Crippen LogP contribution in [-0.4, -0.2) is 27.7 Å². The summed E-state index contributed by atoms with van der Waals surface area (Å²) in [5.74, 6) is 1.13. The molecular weight excluding hydrogens is 282 g/mol. The standard InChI is InChI=1S/C15H15N5O2/c1-22-12-6-4-5-11(9-12)10-16-15(21)17-14-19-18-13-7-2-3-8-20(13)14/h2-9H,10H2,1H3,(H2,16,17,19,21). The summed E-state index contributed by atoms with van der Waals surface area (Å²) < 4.78 is 6.84. The number of ether oxygens (including phenoxy) is 1. The van der Waals surface area contributed by atoms with E-state index in [0.717, 1.165) is 11.3 Å². The molecule has 0 bridgehead atoms. The highest BCUT2D eigenvalue weighted by Crippen LogP contribution is 2.12. The van der Waals surface area contributed by atoms with Crippen LogP contribution in [0.15, 0.2) is 48.7 Å². The summed E-state index contributed by atoms with van der Waals surface area (Å²) in [5.41, 5.74) is 1.62. The second-order valence-corrected chi connectivity index (χ2v) is 4.61. The van der Waals surface area contributed by atoms with Crippen molar-refractivity contribution in [2.45, 2.75) is 6.54 Å². The van der Waals surface area contributed by atoms with Crippen molar-refractivity contribution in [2.24, 2.45) is 0 Å². The highest BCUT2D eigenvalue weighted by molar-refractivity contribution is 5.87. The van der Waals surface area contributed by atoms with Crippen LogP contribution >= 0.6 is 0 Å². The predicted octanol–water partition coefficient (Wildman–Crippen LogP) is 2.06. The van der Waals surface area contributed by atoms with Crippen molar-refractivity contribution in [2.75, 3.05) is 12.4 Å². The quantitative estimate of drug-likeness (QED) is 0.772. The molecule has 0 unspecified atom stereocenters. The number of hydrogen-bond acceptors (Lipinski definition) is 4. The van der Waals surface area contributed by atoms with Crippen molar-refractivity contribution in [1.29, 1.82) is 0 Å². The number of hydrogen-bond donors (Lipinski definition) is 2. The second kappa shape index (κ2) is 6.13. The monoisotopic (exact) mass is 297 g/mol. The van der Waals surface area contributed by atoms with Gasteiger partial charge in [0.15, 0.2) is 5.65 Å². The number of benzene rings is 1. The Bertz CT molecular complexity index is 799. The molecule has 112 valence electrons. The SMILES string of the molecule is COc1cccc(CNC(=O)Nc2nnc3ccccn23)c1. The van der Waals surface area contributed by atoms with Crippen LogP contribution < -0.4 is 15.4 Å². The third-order valence-electron chi connectivity index (χ3n) is 3.13. The van der Waals surface area contributed by atoms with Gasteiger partial charge in [0.25, 0.3) is 0 Å². The van der Waals surface area contributed by atoms with Crippen LogP contribution in [0.2, 0.25) is 0 Å². The first-order valence-electron chi connectivity index (χ1n) is 6.74. The fraction of sp³-hybridized carbons (Fsp3) is 0.133. The van der Waals surface area contributed by atoms with Gasteiger partial charge in [-0.05, 0) is 29.8 Å². The lowest BCUT2D eigenvalue weighted by atomic mass is 10.2. The maximum absolute atomic E-state index is 11.9. The highest BCUT2D eigenvalue weighted by atomic mass is 16.5. The molecule has 0 aliphatic carbocycles. The number of carbonyl (C=O) groups is 1. The first-order chi connectivity index (χ1) is 10.8. The Morgan fingerprint density at radius 3 is 3.00 bits per heavy atom. The van der Waals surface area contributed by atoms with E-state index in [1.165, 1.54) is 0 Å². The molecule has 2 amide bonds. The smallest absolute Gasteiger partial charge is 0.321 e. The van der Waals surface area contributed by atoms with Gasteiger partial charge < -0.3 is 10.1 Å². The van der Waals surface area contributed by atoms with Gasteiger partial charge in [-0.3, -0.25) is 9.72 Å². The van der Waals surface area contributed by atoms with Crippen molar-refractivity contribution in [3.05, 3.63) is 54.2 Å². The number of carbonyl (C=O) groups excluding carboxylic acids is 1. The molecule has 3 rings (SSSR count). The summed E-state index contributed by atoms with van der Waals surface area (Å²) in [6.45, 7) is 0.389. The van der Waals surface area contributed by atoms with Crippen molar-refractivity contribution >= 4 is 17.6 Å². The third-order valence-corrected chi connectivity index (χ3v) is 3.13. The van der Waals surface area contributed by atoms with E-state index in [1.54, 1.807) is 17.7 Å². The van der Waals surface area contributed by atoms with E-state index in [2.05, 4.69) is 20.8 Å². The van der Waals surface area contributed by atoms with E-state index in [0.29, 0.717) is 18.1 Å². The Labute approximate surface area is 126 Å². The van der Waals surface area contributed by atoms with Crippen LogP contribution in [0.4, 0.5) is 10.7 Å². The minimum atomic E-state index is -0.346. The van der Waals surface area contributed by atoms with Gasteiger partial charge in [0, 0.05) is 12.7 Å². The molecule has 3 aromatic rings. The van der Waals surface area contributed by atoms with Gasteiger partial charge in [-0.1, -0.05) is 18.2 Å². The summed E-state index contributed by atoms with van der Waals surface area (Å²) in [6, 6.07) is 12.7. The van der Waals surface area contributed by atoms with Gasteiger partial charge in [-0.25, -0.2) is 4.79 Å². The largest absolute Gasteiger partial charge is 0.497 e. The molecule has 0 aliphatic heterocycles. The summed E-state index contributed by atoms with van der Waals surface area (Å²) in [7, 11) is 1.61. The molecule has 2 N–H and O–H groups in total. The molecule has 0 atom stereocenters. The topological polar surface area (TPSA) is 80.5 Å². The molecule has 0 saturated heterocycles. The molecule has 0 saturated carbocycles. The van der Waals surface area contributed by atoms with Gasteiger partial charge >= 0.3 is 6.03 Å². The van der Waals surface area contributed by atoms with E-state index >= 15 is 0 Å². The number of amides is 2. The van der Waals surface area contributed by atoms with Crippen LogP contribution in [0, 0.1) is 0 Å². The summed E-state index contributed by atoms with van der Waals surface area (Å²) >= 11 is 0. The molecule has 0 fully saturated rings. The van der Waals surface area contributed by atoms with Gasteiger partial charge in [0.1, 0.15) is 5.75 Å². The molecular formula is C15H15N5O2. The Morgan fingerprint density at radius 2 is 2.14 bits per heavy atom. The third kappa shape index (κ3) is 2.98. The molecule has 2 aromatic heterocycles. The average molecular weight is 297 g/mol. The molecule has 1 aromatic carbocycles. The van der Waals surface area contributed by atoms with Crippen LogP contribution in [0.1, 0.15) is 5.56 Å². The van der Waals surface area contributed by atoms with Gasteiger partial charge in [0.05, 0.1) is 7.11 Å². The van der Waals surface area contributed by atoms with Crippen molar-refractivity contribution < 1.29 is 9.53 Å². The fourth-order valence-corrected chi connectivity index (χ4v) is 2.04. The van der Waals surface area contributed by atoms with Crippen molar-refractivity contribution in [3.8, 4) is 5.75 Å². The van der Waals surface area contributed by atoms with E-state index in [4.69, 9.17) is 4.74 Å². The summed E-state index contributed by atoms with van der Waals surface area (Å²) in [4.78, 5) is 11.9. The van der Waals surface area contributed by atoms with Crippen molar-refractivity contribution in [3.63, 3.8) is 0 Å². The van der Waals surface area contributed by atoms with E-state index in [9.17, 15) is 4.79 Å². The first kappa shape index (κ1) is 13.9. The number of rotatable bonds is 4. The Kier molecular flexibility index (Phi) is 3.86. The maximum Gasteiger partial charge on any atom is 0.321 e. The zero-order valence-electron chi connectivity index (χ0n) is 12.0. The zero-order valence-corrected chi connectivity index (χ0v) is 12.0. The van der Waals surface area contributed by atoms with E-state index in [1.807, 2.05) is 42.5 Å². The zero-order chi connectivity index (χ0) is 15.4. The second-order valence-electron chi connectivity index (χ2n) is 4.61. The maximum atomic E-state index is 11.9. The molecule has 7 nitrogen and oxygen atoms in total. The lowest BCUT2D eigenvalue weighted by molar-refractivity contribution is 0.251. The Morgan fingerprint density at radius 1 is 1.23 bits per heavy atom. The minimum absolute atomic E-state index is 0.346. The number of anilines is 1. The average Bonchev–Trinajstić information content (AvgIpc) is 2.96. The summed E-state index contributed by atoms with van der Waals surface area (Å²) in [6.07, 6.45) is 1.78. The van der Waals surface area contributed by atoms with Gasteiger partial charge in [-0.15, -0.1) is 10.2 Å². The first-order valence-corrected chi connectivity index (χ1v) is 6.74. The summed E-state index contributed by atoms with van der Waals surface area (Å²) in [5, 5.41) is 13.3. The van der Waals surface area contributed by atoms with Crippen LogP contribution in [0.5, 0.6) is 5.75 Å². The van der Waals surface area contributed by atoms with Crippen LogP contribution in [0.3, 0.4) is 0 Å². The molecule has 2 heterocycles. The number of fused-ring (bicyclic) bond motifs is 1. The lowest BCUT2D eigenvalue weighted by Crippen LogP contribution is -2.29. The fourth-order valence-electron chi connectivity index (χ4n) is 2.04. The molecule has 22 heavy (non-hydrogen) atoms. The van der Waals surface area contributed by atoms with Gasteiger partial charge in [0.2, 0.25) is 5.95 Å². The Balaban J connectivity index is 1.63. The van der Waals surface area contributed by atoms with E-state index < -0.39 is 0 Å². The number of methoxy groups -OCH3 is 1. The van der Waals surface area contributed by atoms with E-state index in [-0.39, 0.29) is 6.03 Å².